The van der Waals surface area contributed by atoms with E-state index in [0.29, 0.717) is 6.04 Å². The smallest absolute Gasteiger partial charge is 0.335 e. The lowest BCUT2D eigenvalue weighted by Gasteiger charge is -2.17. The summed E-state index contributed by atoms with van der Waals surface area (Å²) < 4.78 is 5.37. The molecule has 0 amide bonds. The number of fused-ring (bicyclic) bond motifs is 1. The van der Waals surface area contributed by atoms with Crippen LogP contribution in [0, 0.1) is 0 Å². The Kier molecular flexibility index (Phi) is 9.45. The van der Waals surface area contributed by atoms with E-state index in [-0.39, 0.29) is 0 Å². The highest BCUT2D eigenvalue weighted by molar-refractivity contribution is 5.83. The van der Waals surface area contributed by atoms with Crippen LogP contribution in [0.2, 0.25) is 0 Å². The highest BCUT2D eigenvalue weighted by Crippen LogP contribution is 2.25. The maximum absolute atomic E-state index is 9.77. The van der Waals surface area contributed by atoms with Crippen molar-refractivity contribution < 1.29 is 34.8 Å². The normalized spacial score (nSPS) is 17.2. The second-order valence-corrected chi connectivity index (χ2v) is 7.36. The van der Waals surface area contributed by atoms with Crippen molar-refractivity contribution in [1.29, 1.82) is 0 Å². The van der Waals surface area contributed by atoms with Crippen molar-refractivity contribution in [3.05, 3.63) is 65.2 Å². The number of aliphatic hydroxyl groups excluding tert-OH is 2. The summed E-state index contributed by atoms with van der Waals surface area (Å²) >= 11 is 0. The maximum atomic E-state index is 9.77. The molecular weight excluding hydrogens is 402 g/mol. The SMILES string of the molecule is COc1ccc2c(c1)C[C@@H](NCc1ccccc1)CCC2.O=C(O)[C@@H](O)[C@H](O)C(=O)O. The van der Waals surface area contributed by atoms with E-state index < -0.39 is 24.1 Å². The van der Waals surface area contributed by atoms with Crippen LogP contribution in [0.4, 0.5) is 0 Å². The molecule has 0 radical (unpaired) electrons. The van der Waals surface area contributed by atoms with Gasteiger partial charge in [-0.1, -0.05) is 36.4 Å². The maximum Gasteiger partial charge on any atom is 0.335 e. The van der Waals surface area contributed by atoms with E-state index in [4.69, 9.17) is 25.2 Å². The second kappa shape index (κ2) is 12.0. The molecule has 1 aliphatic carbocycles. The van der Waals surface area contributed by atoms with Gasteiger partial charge in [-0.15, -0.1) is 0 Å². The number of ether oxygens (including phenoxy) is 1. The van der Waals surface area contributed by atoms with Crippen molar-refractivity contribution in [3.63, 3.8) is 0 Å². The van der Waals surface area contributed by atoms with Crippen molar-refractivity contribution in [2.45, 2.75) is 50.5 Å². The lowest BCUT2D eigenvalue weighted by Crippen LogP contribution is -2.39. The number of benzene rings is 2. The van der Waals surface area contributed by atoms with Crippen LogP contribution < -0.4 is 10.1 Å². The molecule has 0 saturated heterocycles. The van der Waals surface area contributed by atoms with E-state index in [1.165, 1.54) is 36.0 Å². The van der Waals surface area contributed by atoms with Crippen LogP contribution in [0.5, 0.6) is 5.75 Å². The Bertz CT molecular complexity index is 838. The summed E-state index contributed by atoms with van der Waals surface area (Å²) in [5, 5.41) is 36.2. The van der Waals surface area contributed by atoms with Gasteiger partial charge in [-0.3, -0.25) is 0 Å². The minimum Gasteiger partial charge on any atom is -0.497 e. The predicted molar refractivity (Wildman–Crippen MR) is 114 cm³/mol. The molecule has 0 fully saturated rings. The lowest BCUT2D eigenvalue weighted by atomic mass is 10.0. The van der Waals surface area contributed by atoms with Crippen LogP contribution in [0.15, 0.2) is 48.5 Å². The molecule has 0 heterocycles. The Morgan fingerprint density at radius 2 is 1.68 bits per heavy atom. The number of hydrogen-bond acceptors (Lipinski definition) is 6. The number of rotatable bonds is 7. The number of aliphatic carboxylic acids is 2. The van der Waals surface area contributed by atoms with Gasteiger partial charge in [0.25, 0.3) is 0 Å². The summed E-state index contributed by atoms with van der Waals surface area (Å²) in [7, 11) is 1.74. The first kappa shape index (κ1) is 24.3. The van der Waals surface area contributed by atoms with Gasteiger partial charge >= 0.3 is 11.9 Å². The molecule has 2 aromatic carbocycles. The molecule has 31 heavy (non-hydrogen) atoms. The number of aryl methyl sites for hydroxylation is 1. The minimum atomic E-state index is -2.27. The summed E-state index contributed by atoms with van der Waals surface area (Å²) in [6.45, 7) is 0.949. The Balaban J connectivity index is 0.000000291. The third-order valence-corrected chi connectivity index (χ3v) is 5.12. The first-order valence-electron chi connectivity index (χ1n) is 10.1. The van der Waals surface area contributed by atoms with E-state index in [9.17, 15) is 9.59 Å². The van der Waals surface area contributed by atoms with Crippen LogP contribution in [0.3, 0.4) is 0 Å². The fraction of sp³-hybridized carbons (Fsp3) is 0.391. The monoisotopic (exact) mass is 431 g/mol. The quantitative estimate of drug-likeness (QED) is 0.417. The van der Waals surface area contributed by atoms with Gasteiger partial charge < -0.3 is 30.5 Å². The molecule has 3 rings (SSSR count). The molecule has 8 nitrogen and oxygen atoms in total. The highest BCUT2D eigenvalue weighted by Gasteiger charge is 2.29. The number of nitrogens with one attached hydrogen (secondary N) is 1. The van der Waals surface area contributed by atoms with E-state index in [1.807, 2.05) is 0 Å². The minimum absolute atomic E-state index is 0.554. The molecule has 168 valence electrons. The van der Waals surface area contributed by atoms with Crippen LogP contribution in [0.1, 0.15) is 29.5 Å². The van der Waals surface area contributed by atoms with Crippen molar-refractivity contribution in [3.8, 4) is 5.75 Å². The molecular formula is C23H29NO7. The van der Waals surface area contributed by atoms with Crippen LogP contribution >= 0.6 is 0 Å². The molecule has 0 bridgehead atoms. The molecule has 2 aromatic rings. The van der Waals surface area contributed by atoms with Gasteiger partial charge in [0.1, 0.15) is 5.75 Å². The van der Waals surface area contributed by atoms with Crippen LogP contribution in [-0.4, -0.2) is 57.7 Å². The van der Waals surface area contributed by atoms with Crippen molar-refractivity contribution in [2.75, 3.05) is 7.11 Å². The number of carbonyl (C=O) groups is 2. The predicted octanol–water partition coefficient (Wildman–Crippen LogP) is 1.61. The van der Waals surface area contributed by atoms with Gasteiger partial charge in [-0.05, 0) is 54.5 Å². The fourth-order valence-electron chi connectivity index (χ4n) is 3.37. The number of methoxy groups -OCH3 is 1. The summed E-state index contributed by atoms with van der Waals surface area (Å²) in [6, 6.07) is 17.7. The van der Waals surface area contributed by atoms with Crippen LogP contribution in [-0.2, 0) is 29.0 Å². The van der Waals surface area contributed by atoms with E-state index in [2.05, 4.69) is 53.8 Å². The van der Waals surface area contributed by atoms with Gasteiger partial charge in [-0.2, -0.15) is 0 Å². The molecule has 3 atom stereocenters. The molecule has 8 heteroatoms. The standard InChI is InChI=1S/C19H23NO.C4H6O6/c1-21-19-11-10-16-8-5-9-18(12-17(16)13-19)20-14-15-6-3-2-4-7-15;5-1(3(7)8)2(6)4(9)10/h2-4,6-7,10-11,13,18,20H,5,8-9,12,14H2,1H3;1-2,5-6H,(H,7,8)(H,9,10)/t18-;1-,2-/m00/s1. The third kappa shape index (κ3) is 7.67. The van der Waals surface area contributed by atoms with Gasteiger partial charge in [0.15, 0.2) is 12.2 Å². The van der Waals surface area contributed by atoms with E-state index >= 15 is 0 Å². The zero-order chi connectivity index (χ0) is 22.8. The summed E-state index contributed by atoms with van der Waals surface area (Å²) in [5.74, 6) is -2.57. The van der Waals surface area contributed by atoms with Crippen molar-refractivity contribution in [1.82, 2.24) is 5.32 Å². The van der Waals surface area contributed by atoms with Gasteiger partial charge in [0.05, 0.1) is 7.11 Å². The molecule has 0 saturated carbocycles. The summed E-state index contributed by atoms with van der Waals surface area (Å²) in [4.78, 5) is 19.5. The number of carboxylic acids is 2. The largest absolute Gasteiger partial charge is 0.497 e. The van der Waals surface area contributed by atoms with E-state index in [1.54, 1.807) is 7.11 Å². The Labute approximate surface area is 181 Å². The number of aliphatic hydroxyl groups is 2. The topological polar surface area (TPSA) is 136 Å². The Hall–Kier alpha value is -2.94. The van der Waals surface area contributed by atoms with Gasteiger partial charge in [0.2, 0.25) is 0 Å². The number of carboxylic acid groups (broad SMARTS) is 2. The number of hydrogen-bond donors (Lipinski definition) is 5. The zero-order valence-electron chi connectivity index (χ0n) is 17.4. The molecule has 0 aromatic heterocycles. The van der Waals surface area contributed by atoms with Gasteiger partial charge in [-0.25, -0.2) is 9.59 Å². The van der Waals surface area contributed by atoms with Crippen molar-refractivity contribution in [2.24, 2.45) is 0 Å². The lowest BCUT2D eigenvalue weighted by molar-refractivity contribution is -0.165. The highest BCUT2D eigenvalue weighted by atomic mass is 16.5. The average molecular weight is 431 g/mol. The Morgan fingerprint density at radius 1 is 1.03 bits per heavy atom. The molecule has 0 aliphatic heterocycles. The molecule has 0 spiro atoms. The summed E-state index contributed by atoms with van der Waals surface area (Å²) in [5.41, 5.74) is 4.28. The molecule has 5 N–H and O–H groups in total. The first-order chi connectivity index (χ1) is 14.8. The van der Waals surface area contributed by atoms with Crippen molar-refractivity contribution >= 4 is 11.9 Å². The molecule has 0 unspecified atom stereocenters. The molecule has 1 aliphatic rings. The first-order valence-corrected chi connectivity index (χ1v) is 10.1. The zero-order valence-corrected chi connectivity index (χ0v) is 17.4. The fourth-order valence-corrected chi connectivity index (χ4v) is 3.37. The van der Waals surface area contributed by atoms with Crippen LogP contribution in [0.25, 0.3) is 0 Å². The summed E-state index contributed by atoms with van der Waals surface area (Å²) in [6.07, 6.45) is 0.243. The Morgan fingerprint density at radius 3 is 2.26 bits per heavy atom. The average Bonchev–Trinajstić information content (AvgIpc) is 2.98. The van der Waals surface area contributed by atoms with Gasteiger partial charge in [0, 0.05) is 12.6 Å². The third-order valence-electron chi connectivity index (χ3n) is 5.12. The second-order valence-electron chi connectivity index (χ2n) is 7.36. The van der Waals surface area contributed by atoms with E-state index in [0.717, 1.165) is 18.7 Å².